The lowest BCUT2D eigenvalue weighted by molar-refractivity contribution is 0.261. The second-order valence-corrected chi connectivity index (χ2v) is 13.7. The molecule has 7 heteroatoms. The SMILES string of the molecule is CCCCCCOc1ccc(OCCCN2CC=Cc3ccccc32)cc1.c1ccc(COc2ccccc2OCCCNc2ccnc3ccccc23)cc1. The Kier molecular flexibility index (Phi) is 15.9. The first kappa shape index (κ1) is 39.7. The minimum Gasteiger partial charge on any atom is -0.494 e. The average Bonchev–Trinajstić information content (AvgIpc) is 3.26. The Bertz CT molecular complexity index is 2050. The van der Waals surface area contributed by atoms with Gasteiger partial charge in [0.1, 0.15) is 18.1 Å². The molecule has 56 heavy (non-hydrogen) atoms. The van der Waals surface area contributed by atoms with Crippen molar-refractivity contribution < 1.29 is 18.9 Å². The third-order valence-corrected chi connectivity index (χ3v) is 9.46. The van der Waals surface area contributed by atoms with Gasteiger partial charge < -0.3 is 29.2 Å². The molecule has 7 nitrogen and oxygen atoms in total. The Balaban J connectivity index is 0.000000190. The van der Waals surface area contributed by atoms with Crippen molar-refractivity contribution in [1.82, 2.24) is 4.98 Å². The first-order chi connectivity index (χ1) is 27.8. The van der Waals surface area contributed by atoms with Gasteiger partial charge in [0.15, 0.2) is 11.5 Å². The summed E-state index contributed by atoms with van der Waals surface area (Å²) >= 11 is 0. The number of unbranched alkanes of at least 4 members (excludes halogenated alkanes) is 3. The van der Waals surface area contributed by atoms with E-state index in [1.165, 1.54) is 30.5 Å². The van der Waals surface area contributed by atoms with Gasteiger partial charge in [0.05, 0.1) is 25.3 Å². The standard InChI is InChI=1S/C25H24N2O2.C24H31NO2/c1-2-9-20(10-3-1)19-29-25-14-7-6-13-24(25)28-18-8-16-26-23-15-17-27-22-12-5-4-11-21(22)23;1-2-3-4-7-19-26-22-13-15-23(16-14-22)27-20-9-18-25-17-8-11-21-10-5-6-12-24(21)25/h1-7,9-15,17H,8,16,18-19H2,(H,26,27);5-6,8,10-16H,2-4,7,9,17-20H2,1H3. The number of para-hydroxylation sites is 4. The fourth-order valence-electron chi connectivity index (χ4n) is 6.48. The van der Waals surface area contributed by atoms with Crippen LogP contribution in [0.1, 0.15) is 56.6 Å². The molecule has 0 unspecified atom stereocenters. The van der Waals surface area contributed by atoms with Crippen LogP contribution in [0.2, 0.25) is 0 Å². The van der Waals surface area contributed by atoms with E-state index in [1.807, 2.05) is 97.2 Å². The molecule has 0 fully saturated rings. The summed E-state index contributed by atoms with van der Waals surface area (Å²) in [6, 6.07) is 44.7. The molecule has 0 aliphatic carbocycles. The molecule has 6 aromatic rings. The van der Waals surface area contributed by atoms with Gasteiger partial charge in [-0.2, -0.15) is 0 Å². The molecule has 1 N–H and O–H groups in total. The smallest absolute Gasteiger partial charge is 0.161 e. The van der Waals surface area contributed by atoms with Crippen LogP contribution in [-0.2, 0) is 6.61 Å². The number of pyridine rings is 1. The van der Waals surface area contributed by atoms with Gasteiger partial charge in [-0.25, -0.2) is 0 Å². The van der Waals surface area contributed by atoms with E-state index in [0.29, 0.717) is 13.2 Å². The number of hydrogen-bond donors (Lipinski definition) is 1. The molecule has 0 saturated carbocycles. The van der Waals surface area contributed by atoms with E-state index in [-0.39, 0.29) is 0 Å². The predicted octanol–water partition coefficient (Wildman–Crippen LogP) is 11.6. The van der Waals surface area contributed by atoms with E-state index in [0.717, 1.165) is 97.3 Å². The maximum atomic E-state index is 5.97. The lowest BCUT2D eigenvalue weighted by Crippen LogP contribution is -2.28. The van der Waals surface area contributed by atoms with Gasteiger partial charge in [0, 0.05) is 42.6 Å². The molecular formula is C49H55N3O4. The van der Waals surface area contributed by atoms with Crippen molar-refractivity contribution >= 4 is 28.4 Å². The first-order valence-corrected chi connectivity index (χ1v) is 20.1. The first-order valence-electron chi connectivity index (χ1n) is 20.1. The summed E-state index contributed by atoms with van der Waals surface area (Å²) in [5.74, 6) is 3.38. The highest BCUT2D eigenvalue weighted by Gasteiger charge is 2.12. The number of hydrogen-bond acceptors (Lipinski definition) is 7. The second kappa shape index (κ2) is 22.4. The number of aromatic nitrogens is 1. The zero-order valence-corrected chi connectivity index (χ0v) is 32.7. The van der Waals surface area contributed by atoms with Crippen LogP contribution in [-0.4, -0.2) is 44.4 Å². The predicted molar refractivity (Wildman–Crippen MR) is 231 cm³/mol. The fraction of sp³-hybridized carbons (Fsp3) is 0.286. The van der Waals surface area contributed by atoms with Crippen LogP contribution in [0.3, 0.4) is 0 Å². The van der Waals surface area contributed by atoms with Crippen molar-refractivity contribution in [3.63, 3.8) is 0 Å². The van der Waals surface area contributed by atoms with Crippen molar-refractivity contribution in [2.45, 2.75) is 52.1 Å². The van der Waals surface area contributed by atoms with Crippen molar-refractivity contribution in [3.05, 3.63) is 157 Å². The van der Waals surface area contributed by atoms with Gasteiger partial charge in [-0.15, -0.1) is 0 Å². The Hall–Kier alpha value is -5.95. The van der Waals surface area contributed by atoms with E-state index >= 15 is 0 Å². The van der Waals surface area contributed by atoms with Crippen molar-refractivity contribution in [2.75, 3.05) is 49.7 Å². The summed E-state index contributed by atoms with van der Waals surface area (Å²) < 4.78 is 23.6. The zero-order valence-electron chi connectivity index (χ0n) is 32.7. The average molecular weight is 750 g/mol. The van der Waals surface area contributed by atoms with Crippen LogP contribution >= 0.6 is 0 Å². The molecule has 0 spiro atoms. The molecule has 2 heterocycles. The van der Waals surface area contributed by atoms with Gasteiger partial charge in [-0.3, -0.25) is 4.98 Å². The number of nitrogens with one attached hydrogen (secondary N) is 1. The number of anilines is 2. The summed E-state index contributed by atoms with van der Waals surface area (Å²) in [6.45, 7) is 7.68. The maximum absolute atomic E-state index is 5.97. The Labute approximate surface area is 332 Å². The molecular weight excluding hydrogens is 695 g/mol. The Morgan fingerprint density at radius 1 is 0.607 bits per heavy atom. The van der Waals surface area contributed by atoms with Gasteiger partial charge in [0.2, 0.25) is 0 Å². The van der Waals surface area contributed by atoms with Gasteiger partial charge in [0.25, 0.3) is 0 Å². The molecule has 5 aromatic carbocycles. The summed E-state index contributed by atoms with van der Waals surface area (Å²) in [6.07, 6.45) is 13.1. The summed E-state index contributed by atoms with van der Waals surface area (Å²) in [5.41, 5.74) is 5.85. The lowest BCUT2D eigenvalue weighted by Gasteiger charge is -2.28. The molecule has 1 aliphatic rings. The number of benzene rings is 5. The normalized spacial score (nSPS) is 11.6. The summed E-state index contributed by atoms with van der Waals surface area (Å²) in [7, 11) is 0. The summed E-state index contributed by atoms with van der Waals surface area (Å²) in [4.78, 5) is 6.81. The number of rotatable bonds is 20. The van der Waals surface area contributed by atoms with E-state index in [2.05, 4.69) is 76.7 Å². The highest BCUT2D eigenvalue weighted by molar-refractivity contribution is 5.90. The Morgan fingerprint density at radius 3 is 2.09 bits per heavy atom. The Morgan fingerprint density at radius 2 is 1.29 bits per heavy atom. The van der Waals surface area contributed by atoms with Crippen LogP contribution in [0, 0.1) is 0 Å². The molecule has 290 valence electrons. The van der Waals surface area contributed by atoms with E-state index in [1.54, 1.807) is 0 Å². The van der Waals surface area contributed by atoms with E-state index in [9.17, 15) is 0 Å². The van der Waals surface area contributed by atoms with Crippen LogP contribution in [0.15, 0.2) is 146 Å². The highest BCUT2D eigenvalue weighted by atomic mass is 16.5. The molecule has 7 rings (SSSR count). The second-order valence-electron chi connectivity index (χ2n) is 13.7. The molecule has 0 radical (unpaired) electrons. The third kappa shape index (κ3) is 12.6. The topological polar surface area (TPSA) is 65.1 Å². The van der Waals surface area contributed by atoms with Crippen LogP contribution in [0.5, 0.6) is 23.0 Å². The molecule has 1 aliphatic heterocycles. The van der Waals surface area contributed by atoms with Crippen molar-refractivity contribution in [1.29, 1.82) is 0 Å². The molecule has 0 amide bonds. The van der Waals surface area contributed by atoms with E-state index < -0.39 is 0 Å². The van der Waals surface area contributed by atoms with Crippen molar-refractivity contribution in [2.24, 2.45) is 0 Å². The van der Waals surface area contributed by atoms with Crippen LogP contribution in [0.25, 0.3) is 17.0 Å². The number of fused-ring (bicyclic) bond motifs is 2. The van der Waals surface area contributed by atoms with Crippen LogP contribution < -0.4 is 29.2 Å². The molecule has 1 aromatic heterocycles. The minimum absolute atomic E-state index is 0.526. The number of nitrogens with zero attached hydrogens (tertiary/aromatic N) is 2. The zero-order chi connectivity index (χ0) is 38.5. The van der Waals surface area contributed by atoms with Crippen LogP contribution in [0.4, 0.5) is 11.4 Å². The van der Waals surface area contributed by atoms with Gasteiger partial charge in [-0.1, -0.05) is 117 Å². The fourth-order valence-corrected chi connectivity index (χ4v) is 6.48. The largest absolute Gasteiger partial charge is 0.494 e. The monoisotopic (exact) mass is 749 g/mol. The highest BCUT2D eigenvalue weighted by Crippen LogP contribution is 2.28. The number of ether oxygens (including phenoxy) is 4. The van der Waals surface area contributed by atoms with E-state index in [4.69, 9.17) is 18.9 Å². The maximum Gasteiger partial charge on any atom is 0.161 e. The van der Waals surface area contributed by atoms with Gasteiger partial charge in [-0.05, 0) is 85.0 Å². The van der Waals surface area contributed by atoms with Crippen molar-refractivity contribution in [3.8, 4) is 23.0 Å². The van der Waals surface area contributed by atoms with Gasteiger partial charge >= 0.3 is 0 Å². The third-order valence-electron chi connectivity index (χ3n) is 9.46. The molecule has 0 bridgehead atoms. The molecule has 0 saturated heterocycles. The quantitative estimate of drug-likeness (QED) is 0.0780. The molecule has 0 atom stereocenters. The summed E-state index contributed by atoms with van der Waals surface area (Å²) in [5, 5.41) is 4.62. The lowest BCUT2D eigenvalue weighted by atomic mass is 10.1. The minimum atomic E-state index is 0.526.